The lowest BCUT2D eigenvalue weighted by atomic mass is 9.93. The van der Waals surface area contributed by atoms with Crippen LogP contribution in [0, 0.1) is 5.92 Å². The fourth-order valence-corrected chi connectivity index (χ4v) is 1.81. The molecule has 3 heteroatoms. The minimum absolute atomic E-state index is 0.208. The zero-order chi connectivity index (χ0) is 8.72. The first-order chi connectivity index (χ1) is 5.68. The van der Waals surface area contributed by atoms with E-state index in [1.807, 2.05) is 0 Å². The van der Waals surface area contributed by atoms with E-state index in [0.29, 0.717) is 18.8 Å². The third-order valence-corrected chi connectivity index (χ3v) is 2.74. The van der Waals surface area contributed by atoms with Gasteiger partial charge in [0.05, 0.1) is 0 Å². The van der Waals surface area contributed by atoms with Gasteiger partial charge in [0, 0.05) is 6.04 Å². The highest BCUT2D eigenvalue weighted by molar-refractivity contribution is 5.22. The van der Waals surface area contributed by atoms with E-state index in [1.165, 1.54) is 6.08 Å². The van der Waals surface area contributed by atoms with Crippen molar-refractivity contribution in [2.75, 3.05) is 0 Å². The van der Waals surface area contributed by atoms with Crippen LogP contribution in [0.15, 0.2) is 11.6 Å². The van der Waals surface area contributed by atoms with Gasteiger partial charge in [0.2, 0.25) is 0 Å². The molecule has 2 rings (SSSR count). The molecule has 4 atom stereocenters. The number of alkyl halides is 2. The maximum Gasteiger partial charge on any atom is 0.150 e. The number of hydrogen-bond acceptors (Lipinski definition) is 1. The molecule has 0 saturated heterocycles. The lowest BCUT2D eigenvalue weighted by Crippen LogP contribution is -2.21. The van der Waals surface area contributed by atoms with E-state index in [0.717, 1.165) is 12.0 Å². The molecule has 0 aliphatic heterocycles. The first-order valence-corrected chi connectivity index (χ1v) is 4.43. The predicted octanol–water partition coefficient (Wildman–Crippen LogP) is 1.73. The van der Waals surface area contributed by atoms with E-state index < -0.39 is 12.3 Å². The Bertz CT molecular complexity index is 215. The van der Waals surface area contributed by atoms with Crippen molar-refractivity contribution in [1.82, 2.24) is 0 Å². The predicted molar refractivity (Wildman–Crippen MR) is 43.2 cm³/mol. The van der Waals surface area contributed by atoms with Crippen LogP contribution in [0.1, 0.15) is 19.3 Å². The maximum absolute atomic E-state index is 12.9. The van der Waals surface area contributed by atoms with Gasteiger partial charge in [0.15, 0.2) is 0 Å². The van der Waals surface area contributed by atoms with Crippen LogP contribution in [0.3, 0.4) is 0 Å². The van der Waals surface area contributed by atoms with Gasteiger partial charge in [-0.2, -0.15) is 0 Å². The number of allylic oxidation sites excluding steroid dienone is 1. The molecular weight excluding hydrogens is 160 g/mol. The molecule has 0 aromatic heterocycles. The first-order valence-electron chi connectivity index (χ1n) is 4.43. The SMILES string of the molecule is N[C@@H]1C[C@H]1C1=CC(F)C(F)CC1. The molecule has 0 amide bonds. The fraction of sp³-hybridized carbons (Fsp3) is 0.778. The minimum Gasteiger partial charge on any atom is -0.327 e. The summed E-state index contributed by atoms with van der Waals surface area (Å²) in [4.78, 5) is 0. The monoisotopic (exact) mass is 173 g/mol. The highest BCUT2D eigenvalue weighted by atomic mass is 19.2. The molecule has 0 aromatic carbocycles. The molecule has 12 heavy (non-hydrogen) atoms. The zero-order valence-electron chi connectivity index (χ0n) is 6.84. The van der Waals surface area contributed by atoms with E-state index in [9.17, 15) is 8.78 Å². The molecule has 2 unspecified atom stereocenters. The van der Waals surface area contributed by atoms with E-state index in [1.54, 1.807) is 0 Å². The molecule has 0 spiro atoms. The van der Waals surface area contributed by atoms with Crippen molar-refractivity contribution in [3.63, 3.8) is 0 Å². The van der Waals surface area contributed by atoms with E-state index in [-0.39, 0.29) is 6.04 Å². The molecular formula is C9H13F2N. The van der Waals surface area contributed by atoms with Gasteiger partial charge in [0.25, 0.3) is 0 Å². The fourth-order valence-electron chi connectivity index (χ4n) is 1.81. The van der Waals surface area contributed by atoms with Crippen molar-refractivity contribution in [2.45, 2.75) is 37.6 Å². The minimum atomic E-state index is -1.39. The zero-order valence-corrected chi connectivity index (χ0v) is 6.84. The van der Waals surface area contributed by atoms with Crippen molar-refractivity contribution >= 4 is 0 Å². The van der Waals surface area contributed by atoms with Gasteiger partial charge < -0.3 is 5.73 Å². The van der Waals surface area contributed by atoms with Crippen LogP contribution in [-0.2, 0) is 0 Å². The molecule has 0 heterocycles. The Kier molecular flexibility index (Phi) is 1.91. The second-order valence-corrected chi connectivity index (χ2v) is 3.75. The number of halogens is 2. The molecule has 2 aliphatic rings. The largest absolute Gasteiger partial charge is 0.327 e. The van der Waals surface area contributed by atoms with Gasteiger partial charge in [-0.3, -0.25) is 0 Å². The lowest BCUT2D eigenvalue weighted by Gasteiger charge is -2.19. The summed E-state index contributed by atoms with van der Waals surface area (Å²) in [5, 5.41) is 0. The van der Waals surface area contributed by atoms with Crippen LogP contribution >= 0.6 is 0 Å². The van der Waals surface area contributed by atoms with Crippen LogP contribution in [0.4, 0.5) is 8.78 Å². The quantitative estimate of drug-likeness (QED) is 0.600. The Morgan fingerprint density at radius 1 is 1.42 bits per heavy atom. The first kappa shape index (κ1) is 8.17. The van der Waals surface area contributed by atoms with Gasteiger partial charge in [-0.1, -0.05) is 5.57 Å². The summed E-state index contributed by atoms with van der Waals surface area (Å²) in [6.07, 6.45) is 0.738. The summed E-state index contributed by atoms with van der Waals surface area (Å²) in [6, 6.07) is 0.208. The smallest absolute Gasteiger partial charge is 0.150 e. The second-order valence-electron chi connectivity index (χ2n) is 3.75. The number of rotatable bonds is 1. The average molecular weight is 173 g/mol. The van der Waals surface area contributed by atoms with Crippen molar-refractivity contribution in [3.8, 4) is 0 Å². The summed E-state index contributed by atoms with van der Waals surface area (Å²) in [5.74, 6) is 0.357. The maximum atomic E-state index is 12.9. The van der Waals surface area contributed by atoms with Crippen molar-refractivity contribution in [3.05, 3.63) is 11.6 Å². The second kappa shape index (κ2) is 2.80. The van der Waals surface area contributed by atoms with Gasteiger partial charge in [-0.05, 0) is 31.3 Å². The molecule has 2 aliphatic carbocycles. The Morgan fingerprint density at radius 2 is 2.08 bits per heavy atom. The third kappa shape index (κ3) is 1.38. The van der Waals surface area contributed by atoms with Crippen LogP contribution in [0.5, 0.6) is 0 Å². The number of nitrogens with two attached hydrogens (primary N) is 1. The lowest BCUT2D eigenvalue weighted by molar-refractivity contribution is 0.183. The van der Waals surface area contributed by atoms with E-state index in [4.69, 9.17) is 5.73 Å². The van der Waals surface area contributed by atoms with Crippen molar-refractivity contribution in [2.24, 2.45) is 11.7 Å². The Morgan fingerprint density at radius 3 is 2.58 bits per heavy atom. The highest BCUT2D eigenvalue weighted by Crippen LogP contribution is 2.40. The summed E-state index contributed by atoms with van der Waals surface area (Å²) < 4.78 is 25.5. The van der Waals surface area contributed by atoms with Gasteiger partial charge in [-0.25, -0.2) is 8.78 Å². The van der Waals surface area contributed by atoms with Crippen molar-refractivity contribution < 1.29 is 8.78 Å². The topological polar surface area (TPSA) is 26.0 Å². The third-order valence-electron chi connectivity index (χ3n) is 2.74. The van der Waals surface area contributed by atoms with Crippen LogP contribution < -0.4 is 5.73 Å². The molecule has 1 saturated carbocycles. The normalized spacial score (nSPS) is 47.1. The molecule has 1 fully saturated rings. The standard InChI is InChI=1S/C9H13F2N/c10-7-2-1-5(3-8(7)11)6-4-9(6)12/h3,6-9H,1-2,4,12H2/t6-,7?,8?,9+/m0/s1. The molecule has 0 aromatic rings. The molecule has 0 radical (unpaired) electrons. The average Bonchev–Trinajstić information content (AvgIpc) is 2.73. The Hall–Kier alpha value is -0.440. The summed E-state index contributed by atoms with van der Waals surface area (Å²) in [5.41, 5.74) is 6.67. The summed E-state index contributed by atoms with van der Waals surface area (Å²) in [7, 11) is 0. The molecule has 2 N–H and O–H groups in total. The van der Waals surface area contributed by atoms with Gasteiger partial charge in [-0.15, -0.1) is 0 Å². The number of hydrogen-bond donors (Lipinski definition) is 1. The molecule has 0 bridgehead atoms. The van der Waals surface area contributed by atoms with Crippen LogP contribution in [-0.4, -0.2) is 18.4 Å². The summed E-state index contributed by atoms with van der Waals surface area (Å²) in [6.45, 7) is 0. The van der Waals surface area contributed by atoms with E-state index in [2.05, 4.69) is 0 Å². The van der Waals surface area contributed by atoms with Crippen LogP contribution in [0.2, 0.25) is 0 Å². The van der Waals surface area contributed by atoms with Crippen LogP contribution in [0.25, 0.3) is 0 Å². The van der Waals surface area contributed by atoms with Gasteiger partial charge in [0.1, 0.15) is 12.3 Å². The van der Waals surface area contributed by atoms with Crippen molar-refractivity contribution in [1.29, 1.82) is 0 Å². The van der Waals surface area contributed by atoms with Gasteiger partial charge >= 0.3 is 0 Å². The molecule has 1 nitrogen and oxygen atoms in total. The highest BCUT2D eigenvalue weighted by Gasteiger charge is 2.39. The molecule has 68 valence electrons. The Balaban J connectivity index is 2.03. The Labute approximate surface area is 70.6 Å². The summed E-state index contributed by atoms with van der Waals surface area (Å²) >= 11 is 0. The van der Waals surface area contributed by atoms with E-state index >= 15 is 0 Å².